The van der Waals surface area contributed by atoms with Gasteiger partial charge in [-0.1, -0.05) is 55.3 Å². The van der Waals surface area contributed by atoms with E-state index in [4.69, 9.17) is 24.5 Å². The maximum atomic E-state index is 9.10. The first-order valence-electron chi connectivity index (χ1n) is 9.04. The summed E-state index contributed by atoms with van der Waals surface area (Å²) in [6.45, 7) is 1.67. The third kappa shape index (κ3) is 7.50. The molecule has 0 spiro atoms. The molecule has 0 atom stereocenters. The van der Waals surface area contributed by atoms with Crippen LogP contribution in [-0.4, -0.2) is 41.3 Å². The highest BCUT2D eigenvalue weighted by atomic mass is 16.5. The second kappa shape index (κ2) is 11.0. The molecule has 1 aliphatic rings. The Balaban J connectivity index is 0.000000380. The number of carbonyl (C=O) groups is 2. The van der Waals surface area contributed by atoms with Gasteiger partial charge in [0.1, 0.15) is 12.4 Å². The number of nitrogens with one attached hydrogen (secondary N) is 1. The van der Waals surface area contributed by atoms with E-state index in [1.54, 1.807) is 0 Å². The molecule has 1 fully saturated rings. The number of aliphatic carboxylic acids is 2. The minimum atomic E-state index is -1.82. The van der Waals surface area contributed by atoms with Gasteiger partial charge in [0, 0.05) is 12.6 Å². The Kier molecular flexibility index (Phi) is 8.32. The van der Waals surface area contributed by atoms with E-state index in [1.165, 1.54) is 36.8 Å². The first-order chi connectivity index (χ1) is 13.1. The normalized spacial score (nSPS) is 13.5. The van der Waals surface area contributed by atoms with E-state index in [9.17, 15) is 0 Å². The molecular weight excluding hydrogens is 346 g/mol. The van der Waals surface area contributed by atoms with Gasteiger partial charge in [-0.3, -0.25) is 0 Å². The van der Waals surface area contributed by atoms with Crippen LogP contribution in [0, 0.1) is 0 Å². The summed E-state index contributed by atoms with van der Waals surface area (Å²) in [6.07, 6.45) is 5.40. The largest absolute Gasteiger partial charge is 0.492 e. The lowest BCUT2D eigenvalue weighted by Crippen LogP contribution is -2.30. The summed E-state index contributed by atoms with van der Waals surface area (Å²) >= 11 is 0. The fraction of sp³-hybridized carbons (Fsp3) is 0.333. The van der Waals surface area contributed by atoms with E-state index < -0.39 is 11.9 Å². The van der Waals surface area contributed by atoms with Gasteiger partial charge >= 0.3 is 11.9 Å². The van der Waals surface area contributed by atoms with E-state index in [2.05, 4.69) is 53.8 Å². The van der Waals surface area contributed by atoms with Gasteiger partial charge in [0.05, 0.1) is 0 Å². The molecule has 0 saturated heterocycles. The van der Waals surface area contributed by atoms with E-state index in [-0.39, 0.29) is 0 Å². The van der Waals surface area contributed by atoms with Crippen LogP contribution in [-0.2, 0) is 9.59 Å². The first kappa shape index (κ1) is 20.5. The van der Waals surface area contributed by atoms with Crippen molar-refractivity contribution in [3.05, 3.63) is 54.6 Å². The SMILES string of the molecule is O=C(O)C(=O)O.c1ccc(-c2ccc(OCCNC3CCCC3)cc2)cc1. The van der Waals surface area contributed by atoms with E-state index in [0.717, 1.165) is 18.9 Å². The summed E-state index contributed by atoms with van der Waals surface area (Å²) < 4.78 is 5.79. The highest BCUT2D eigenvalue weighted by Gasteiger charge is 2.13. The molecule has 1 aliphatic carbocycles. The standard InChI is InChI=1S/C19H23NO.C2H2O4/c1-2-6-16(7-3-1)17-10-12-19(13-11-17)21-15-14-20-18-8-4-5-9-18;3-1(4)2(5)6/h1-3,6-7,10-13,18,20H,4-5,8-9,14-15H2;(H,3,4)(H,5,6). The van der Waals surface area contributed by atoms with E-state index in [1.807, 2.05) is 6.07 Å². The quantitative estimate of drug-likeness (QED) is 0.532. The maximum Gasteiger partial charge on any atom is 0.414 e. The van der Waals surface area contributed by atoms with Crippen LogP contribution >= 0.6 is 0 Å². The van der Waals surface area contributed by atoms with Gasteiger partial charge in [-0.25, -0.2) is 9.59 Å². The summed E-state index contributed by atoms with van der Waals surface area (Å²) in [5.74, 6) is -2.70. The molecule has 0 bridgehead atoms. The summed E-state index contributed by atoms with van der Waals surface area (Å²) in [5, 5.41) is 18.3. The molecule has 6 heteroatoms. The van der Waals surface area contributed by atoms with Crippen molar-refractivity contribution in [2.24, 2.45) is 0 Å². The van der Waals surface area contributed by atoms with E-state index >= 15 is 0 Å². The van der Waals surface area contributed by atoms with Crippen LogP contribution < -0.4 is 10.1 Å². The van der Waals surface area contributed by atoms with Gasteiger partial charge in [0.2, 0.25) is 0 Å². The Hall–Kier alpha value is -2.86. The van der Waals surface area contributed by atoms with Crippen LogP contribution in [0.1, 0.15) is 25.7 Å². The van der Waals surface area contributed by atoms with E-state index in [0.29, 0.717) is 6.04 Å². The van der Waals surface area contributed by atoms with Crippen LogP contribution in [0.25, 0.3) is 11.1 Å². The second-order valence-corrected chi connectivity index (χ2v) is 6.28. The minimum absolute atomic E-state index is 0.717. The number of carboxylic acid groups (broad SMARTS) is 2. The third-order valence-electron chi connectivity index (χ3n) is 4.30. The zero-order valence-electron chi connectivity index (χ0n) is 15.1. The average molecular weight is 371 g/mol. The Labute approximate surface area is 158 Å². The van der Waals surface area contributed by atoms with Crippen molar-refractivity contribution in [3.8, 4) is 16.9 Å². The summed E-state index contributed by atoms with van der Waals surface area (Å²) in [6, 6.07) is 19.5. The first-order valence-corrected chi connectivity index (χ1v) is 9.04. The highest BCUT2D eigenvalue weighted by Crippen LogP contribution is 2.22. The number of hydrogen-bond donors (Lipinski definition) is 3. The number of benzene rings is 2. The van der Waals surface area contributed by atoms with Crippen molar-refractivity contribution in [3.63, 3.8) is 0 Å². The number of rotatable bonds is 6. The maximum absolute atomic E-state index is 9.10. The van der Waals surface area contributed by atoms with Crippen LogP contribution in [0.2, 0.25) is 0 Å². The number of hydrogen-bond acceptors (Lipinski definition) is 4. The molecule has 2 aromatic rings. The smallest absolute Gasteiger partial charge is 0.414 e. The Morgan fingerprint density at radius 2 is 1.44 bits per heavy atom. The second-order valence-electron chi connectivity index (χ2n) is 6.28. The lowest BCUT2D eigenvalue weighted by molar-refractivity contribution is -0.159. The lowest BCUT2D eigenvalue weighted by Gasteiger charge is -2.12. The van der Waals surface area contributed by atoms with Crippen molar-refractivity contribution >= 4 is 11.9 Å². The molecule has 0 aromatic heterocycles. The summed E-state index contributed by atoms with van der Waals surface area (Å²) in [4.78, 5) is 18.2. The Morgan fingerprint density at radius 3 is 2.00 bits per heavy atom. The van der Waals surface area contributed by atoms with Crippen molar-refractivity contribution in [1.29, 1.82) is 0 Å². The summed E-state index contributed by atoms with van der Waals surface area (Å²) in [5.41, 5.74) is 2.47. The Morgan fingerprint density at radius 1 is 0.889 bits per heavy atom. The summed E-state index contributed by atoms with van der Waals surface area (Å²) in [7, 11) is 0. The molecule has 0 aliphatic heterocycles. The zero-order valence-corrected chi connectivity index (χ0v) is 15.1. The van der Waals surface area contributed by atoms with Gasteiger partial charge < -0.3 is 20.3 Å². The average Bonchev–Trinajstić information content (AvgIpc) is 3.20. The van der Waals surface area contributed by atoms with Crippen molar-refractivity contribution < 1.29 is 24.5 Å². The minimum Gasteiger partial charge on any atom is -0.492 e. The molecular formula is C21H25NO5. The van der Waals surface area contributed by atoms with Gasteiger partial charge in [-0.05, 0) is 36.1 Å². The molecule has 1 saturated carbocycles. The Bertz CT molecular complexity index is 697. The van der Waals surface area contributed by atoms with Crippen LogP contribution in [0.15, 0.2) is 54.6 Å². The lowest BCUT2D eigenvalue weighted by atomic mass is 10.1. The highest BCUT2D eigenvalue weighted by molar-refractivity contribution is 6.27. The predicted octanol–water partition coefficient (Wildman–Crippen LogP) is 3.42. The fourth-order valence-corrected chi connectivity index (χ4v) is 2.94. The number of ether oxygens (including phenoxy) is 1. The molecule has 6 nitrogen and oxygen atoms in total. The van der Waals surface area contributed by atoms with Crippen molar-refractivity contribution in [2.45, 2.75) is 31.7 Å². The fourth-order valence-electron chi connectivity index (χ4n) is 2.94. The monoisotopic (exact) mass is 371 g/mol. The molecule has 0 heterocycles. The predicted molar refractivity (Wildman–Crippen MR) is 103 cm³/mol. The van der Waals surface area contributed by atoms with Gasteiger partial charge in [0.25, 0.3) is 0 Å². The molecule has 144 valence electrons. The topological polar surface area (TPSA) is 95.9 Å². The molecule has 3 rings (SSSR count). The van der Waals surface area contributed by atoms with Crippen molar-refractivity contribution in [2.75, 3.05) is 13.2 Å². The van der Waals surface area contributed by atoms with Crippen LogP contribution in [0.4, 0.5) is 0 Å². The molecule has 0 radical (unpaired) electrons. The molecule has 0 unspecified atom stereocenters. The molecule has 0 amide bonds. The molecule has 2 aromatic carbocycles. The molecule has 27 heavy (non-hydrogen) atoms. The van der Waals surface area contributed by atoms with Crippen molar-refractivity contribution in [1.82, 2.24) is 5.32 Å². The number of carboxylic acids is 2. The van der Waals surface area contributed by atoms with Crippen LogP contribution in [0.5, 0.6) is 5.75 Å². The van der Waals surface area contributed by atoms with Gasteiger partial charge in [-0.2, -0.15) is 0 Å². The van der Waals surface area contributed by atoms with Gasteiger partial charge in [-0.15, -0.1) is 0 Å². The zero-order chi connectivity index (χ0) is 19.5. The van der Waals surface area contributed by atoms with Gasteiger partial charge in [0.15, 0.2) is 0 Å². The third-order valence-corrected chi connectivity index (χ3v) is 4.30. The molecule has 3 N–H and O–H groups in total. The van der Waals surface area contributed by atoms with Crippen LogP contribution in [0.3, 0.4) is 0 Å².